The van der Waals surface area contributed by atoms with Crippen LogP contribution in [-0.4, -0.2) is 57.8 Å². The number of esters is 1. The van der Waals surface area contributed by atoms with Gasteiger partial charge in [-0.2, -0.15) is 9.30 Å². The minimum absolute atomic E-state index is 0.000768. The largest absolute Gasteiger partial charge is 0.469 e. The Balaban J connectivity index is 2.02. The Hall–Kier alpha value is -2.91. The van der Waals surface area contributed by atoms with Gasteiger partial charge >= 0.3 is 5.97 Å². The number of nitrogens with zero attached hydrogens (tertiary/aromatic N) is 3. The van der Waals surface area contributed by atoms with Gasteiger partial charge in [0.05, 0.1) is 33.5 Å². The Kier molecular flexibility index (Phi) is 9.59. The maximum Gasteiger partial charge on any atom is 0.307 e. The summed E-state index contributed by atoms with van der Waals surface area (Å²) >= 11 is 1.06. The lowest BCUT2D eigenvalue weighted by Crippen LogP contribution is -2.32. The van der Waals surface area contributed by atoms with Gasteiger partial charge in [0.2, 0.25) is 20.0 Å². The zero-order chi connectivity index (χ0) is 28.1. The zero-order valence-electron chi connectivity index (χ0n) is 21.3. The van der Waals surface area contributed by atoms with E-state index < -0.39 is 31.9 Å². The molecule has 2 aromatic carbocycles. The van der Waals surface area contributed by atoms with E-state index >= 15 is 0 Å². The van der Waals surface area contributed by atoms with E-state index in [0.29, 0.717) is 36.1 Å². The van der Waals surface area contributed by atoms with Crippen LogP contribution in [0, 0.1) is 0 Å². The number of sulfonamides is 2. The molecule has 0 aliphatic rings. The van der Waals surface area contributed by atoms with E-state index in [2.05, 4.69) is 4.99 Å². The van der Waals surface area contributed by atoms with Crippen LogP contribution in [0.5, 0.6) is 0 Å². The van der Waals surface area contributed by atoms with Crippen molar-refractivity contribution in [3.63, 3.8) is 0 Å². The number of primary sulfonamides is 1. The molecule has 38 heavy (non-hydrogen) atoms. The van der Waals surface area contributed by atoms with E-state index in [1.54, 1.807) is 4.57 Å². The molecule has 206 valence electrons. The summed E-state index contributed by atoms with van der Waals surface area (Å²) in [6.07, 6.45) is 1.36. The first kappa shape index (κ1) is 29.6. The normalized spacial score (nSPS) is 12.8. The van der Waals surface area contributed by atoms with E-state index in [1.807, 2.05) is 13.8 Å². The molecule has 0 fully saturated rings. The van der Waals surface area contributed by atoms with Crippen LogP contribution in [0.15, 0.2) is 57.2 Å². The van der Waals surface area contributed by atoms with Crippen molar-refractivity contribution >= 4 is 53.5 Å². The first-order chi connectivity index (χ1) is 17.9. The Morgan fingerprint density at radius 3 is 2.16 bits per heavy atom. The molecule has 3 rings (SSSR count). The zero-order valence-corrected chi connectivity index (χ0v) is 23.7. The first-order valence-electron chi connectivity index (χ1n) is 11.8. The highest BCUT2D eigenvalue weighted by molar-refractivity contribution is 7.89. The van der Waals surface area contributed by atoms with Crippen molar-refractivity contribution in [1.82, 2.24) is 8.87 Å². The standard InChI is InChI=1S/C24H30N4O7S3/c1-4-13-27(14-5-2)38(33,34)18-8-6-17(7-9-18)23(30)26-24-28(15-12-22(29)35-3)20-11-10-19(37(25,31)32)16-21(20)36-24/h6-11,16H,4-5,12-15H2,1-3H3,(H2,25,31,32). The Morgan fingerprint density at radius 2 is 1.61 bits per heavy atom. The van der Waals surface area contributed by atoms with Gasteiger partial charge in [-0.1, -0.05) is 25.2 Å². The highest BCUT2D eigenvalue weighted by Crippen LogP contribution is 2.22. The van der Waals surface area contributed by atoms with Crippen LogP contribution >= 0.6 is 11.3 Å². The van der Waals surface area contributed by atoms with E-state index in [-0.39, 0.29) is 33.1 Å². The maximum atomic E-state index is 13.0. The van der Waals surface area contributed by atoms with Gasteiger partial charge in [0.15, 0.2) is 4.80 Å². The van der Waals surface area contributed by atoms with Crippen molar-refractivity contribution in [2.24, 2.45) is 10.1 Å². The molecule has 2 N–H and O–H groups in total. The number of hydrogen-bond acceptors (Lipinski definition) is 8. The number of thiazole rings is 1. The van der Waals surface area contributed by atoms with Gasteiger partial charge in [-0.15, -0.1) is 0 Å². The average Bonchev–Trinajstić information content (AvgIpc) is 3.22. The lowest BCUT2D eigenvalue weighted by molar-refractivity contribution is -0.140. The fourth-order valence-corrected chi connectivity index (χ4v) is 7.09. The van der Waals surface area contributed by atoms with Gasteiger partial charge in [-0.25, -0.2) is 22.0 Å². The molecular formula is C24H30N4O7S3. The van der Waals surface area contributed by atoms with Crippen molar-refractivity contribution in [2.45, 2.75) is 49.4 Å². The molecule has 0 aliphatic heterocycles. The molecule has 0 spiro atoms. The first-order valence-corrected chi connectivity index (χ1v) is 15.6. The Morgan fingerprint density at radius 1 is 1.00 bits per heavy atom. The minimum atomic E-state index is -3.95. The van der Waals surface area contributed by atoms with E-state index in [4.69, 9.17) is 9.88 Å². The predicted octanol–water partition coefficient (Wildman–Crippen LogP) is 2.47. The molecule has 1 heterocycles. The summed E-state index contributed by atoms with van der Waals surface area (Å²) in [5, 5.41) is 5.25. The predicted molar refractivity (Wildman–Crippen MR) is 143 cm³/mol. The molecule has 1 aromatic heterocycles. The van der Waals surface area contributed by atoms with Crippen LogP contribution in [0.2, 0.25) is 0 Å². The fraction of sp³-hybridized carbons (Fsp3) is 0.375. The second kappa shape index (κ2) is 12.3. The lowest BCUT2D eigenvalue weighted by atomic mass is 10.2. The summed E-state index contributed by atoms with van der Waals surface area (Å²) in [6, 6.07) is 9.82. The molecule has 14 heteroatoms. The number of hydrogen-bond donors (Lipinski definition) is 1. The Bertz CT molecular complexity index is 1600. The summed E-state index contributed by atoms with van der Waals surface area (Å²) in [6.45, 7) is 4.74. The molecule has 11 nitrogen and oxygen atoms in total. The second-order valence-corrected chi connectivity index (χ2v) is 12.9. The monoisotopic (exact) mass is 582 g/mol. The summed E-state index contributed by atoms with van der Waals surface area (Å²) in [5.41, 5.74) is 0.731. The van der Waals surface area contributed by atoms with Gasteiger partial charge in [0, 0.05) is 25.2 Å². The third-order valence-corrected chi connectivity index (χ3v) is 9.50. The molecule has 0 atom stereocenters. The molecule has 0 saturated carbocycles. The lowest BCUT2D eigenvalue weighted by Gasteiger charge is -2.21. The number of ether oxygens (including phenoxy) is 1. The van der Waals surface area contributed by atoms with Crippen molar-refractivity contribution in [3.8, 4) is 0 Å². The number of fused-ring (bicyclic) bond motifs is 1. The average molecular weight is 583 g/mol. The van der Waals surface area contributed by atoms with Crippen molar-refractivity contribution < 1.29 is 31.2 Å². The third-order valence-electron chi connectivity index (χ3n) is 5.63. The molecule has 0 bridgehead atoms. The molecule has 0 radical (unpaired) electrons. The number of amides is 1. The van der Waals surface area contributed by atoms with Gasteiger partial charge in [-0.05, 0) is 55.3 Å². The number of aryl methyl sites for hydroxylation is 1. The second-order valence-electron chi connectivity index (χ2n) is 8.38. The summed E-state index contributed by atoms with van der Waals surface area (Å²) < 4.78 is 57.8. The summed E-state index contributed by atoms with van der Waals surface area (Å²) in [7, 11) is -6.39. The van der Waals surface area contributed by atoms with Crippen molar-refractivity contribution in [2.75, 3.05) is 20.2 Å². The van der Waals surface area contributed by atoms with Gasteiger partial charge in [0.1, 0.15) is 0 Å². The third kappa shape index (κ3) is 6.74. The van der Waals surface area contributed by atoms with Crippen LogP contribution in [0.4, 0.5) is 0 Å². The minimum Gasteiger partial charge on any atom is -0.469 e. The van der Waals surface area contributed by atoms with E-state index in [0.717, 1.165) is 11.3 Å². The number of nitrogens with two attached hydrogens (primary N) is 1. The number of rotatable bonds is 11. The molecule has 1 amide bonds. The highest BCUT2D eigenvalue weighted by atomic mass is 32.2. The number of carbonyl (C=O) groups is 2. The van der Waals surface area contributed by atoms with Crippen LogP contribution in [0.1, 0.15) is 43.5 Å². The van der Waals surface area contributed by atoms with Crippen LogP contribution < -0.4 is 9.94 Å². The van der Waals surface area contributed by atoms with Crippen LogP contribution in [0.3, 0.4) is 0 Å². The van der Waals surface area contributed by atoms with Crippen molar-refractivity contribution in [1.29, 1.82) is 0 Å². The maximum absolute atomic E-state index is 13.0. The number of methoxy groups -OCH3 is 1. The number of carbonyl (C=O) groups excluding carboxylic acids is 2. The molecule has 0 aliphatic carbocycles. The van der Waals surface area contributed by atoms with E-state index in [1.165, 1.54) is 53.9 Å². The SMILES string of the molecule is CCCN(CCC)S(=O)(=O)c1ccc(C(=O)N=c2sc3cc(S(N)(=O)=O)ccc3n2CCC(=O)OC)cc1. The van der Waals surface area contributed by atoms with Gasteiger partial charge < -0.3 is 9.30 Å². The van der Waals surface area contributed by atoms with Crippen LogP contribution in [-0.2, 0) is 36.1 Å². The smallest absolute Gasteiger partial charge is 0.307 e. The number of benzene rings is 2. The molecule has 3 aromatic rings. The van der Waals surface area contributed by atoms with Crippen molar-refractivity contribution in [3.05, 3.63) is 52.8 Å². The molecule has 0 unspecified atom stereocenters. The summed E-state index contributed by atoms with van der Waals surface area (Å²) in [5.74, 6) is -1.09. The highest BCUT2D eigenvalue weighted by Gasteiger charge is 2.23. The van der Waals surface area contributed by atoms with E-state index in [9.17, 15) is 26.4 Å². The number of aromatic nitrogens is 1. The fourth-order valence-electron chi connectivity index (χ4n) is 3.76. The molecule has 0 saturated heterocycles. The van der Waals surface area contributed by atoms with Gasteiger partial charge in [-0.3, -0.25) is 9.59 Å². The van der Waals surface area contributed by atoms with Crippen LogP contribution in [0.25, 0.3) is 10.2 Å². The molecular weight excluding hydrogens is 552 g/mol. The quantitative estimate of drug-likeness (QED) is 0.340. The topological polar surface area (TPSA) is 158 Å². The summed E-state index contributed by atoms with van der Waals surface area (Å²) in [4.78, 5) is 29.2. The van der Waals surface area contributed by atoms with Gasteiger partial charge in [0.25, 0.3) is 5.91 Å². The Labute approximate surface area is 225 Å².